The van der Waals surface area contributed by atoms with Crippen LogP contribution >= 0.6 is 15.9 Å². The van der Waals surface area contributed by atoms with Crippen molar-refractivity contribution in [3.8, 4) is 6.07 Å². The van der Waals surface area contributed by atoms with Gasteiger partial charge in [-0.15, -0.1) is 0 Å². The molecule has 0 heterocycles. The number of nitrogens with one attached hydrogen (secondary N) is 1. The van der Waals surface area contributed by atoms with Crippen molar-refractivity contribution in [1.82, 2.24) is 0 Å². The van der Waals surface area contributed by atoms with E-state index in [-0.39, 0.29) is 6.04 Å². The maximum Gasteiger partial charge on any atom is 0.117 e. The Balaban J connectivity index is 2.08. The quantitative estimate of drug-likeness (QED) is 0.851. The lowest BCUT2D eigenvalue weighted by Gasteiger charge is -2.24. The molecule has 1 aromatic carbocycles. The number of nitriles is 1. The van der Waals surface area contributed by atoms with Crippen molar-refractivity contribution in [3.05, 3.63) is 40.9 Å². The fourth-order valence-corrected chi connectivity index (χ4v) is 2.52. The Labute approximate surface area is 110 Å². The topological polar surface area (TPSA) is 35.8 Å². The standard InChI is InChI=1S/C14H15BrN2/c15-12-8-4-5-9-13(12)17-14(10-16)11-6-2-1-3-7-11/h1-2,4-5,8-9,11,14,17H,3,6-7H2. The van der Waals surface area contributed by atoms with E-state index in [9.17, 15) is 5.26 Å². The first-order valence-corrected chi connectivity index (χ1v) is 6.66. The van der Waals surface area contributed by atoms with Gasteiger partial charge < -0.3 is 5.32 Å². The van der Waals surface area contributed by atoms with E-state index in [1.807, 2.05) is 24.3 Å². The molecular formula is C14H15BrN2. The number of hydrogen-bond donors (Lipinski definition) is 1. The molecule has 0 fully saturated rings. The Morgan fingerprint density at radius 2 is 2.18 bits per heavy atom. The van der Waals surface area contributed by atoms with Crippen LogP contribution in [0.4, 0.5) is 5.69 Å². The number of rotatable bonds is 3. The van der Waals surface area contributed by atoms with Crippen molar-refractivity contribution in [2.75, 3.05) is 5.32 Å². The normalized spacial score (nSPS) is 20.6. The molecule has 0 spiro atoms. The molecule has 1 aromatic rings. The summed E-state index contributed by atoms with van der Waals surface area (Å²) in [6, 6.07) is 10.2. The molecule has 2 unspecified atom stereocenters. The highest BCUT2D eigenvalue weighted by Crippen LogP contribution is 2.27. The third-order valence-electron chi connectivity index (χ3n) is 3.10. The third-order valence-corrected chi connectivity index (χ3v) is 3.80. The number of hydrogen-bond acceptors (Lipinski definition) is 2. The lowest BCUT2D eigenvalue weighted by Crippen LogP contribution is -2.28. The van der Waals surface area contributed by atoms with Gasteiger partial charge in [0.15, 0.2) is 0 Å². The number of para-hydroxylation sites is 1. The Hall–Kier alpha value is -1.27. The molecule has 17 heavy (non-hydrogen) atoms. The van der Waals surface area contributed by atoms with E-state index in [0.29, 0.717) is 5.92 Å². The van der Waals surface area contributed by atoms with Crippen LogP contribution in [0.2, 0.25) is 0 Å². The maximum atomic E-state index is 9.28. The maximum absolute atomic E-state index is 9.28. The van der Waals surface area contributed by atoms with Crippen LogP contribution in [0.1, 0.15) is 19.3 Å². The first-order chi connectivity index (χ1) is 8.31. The van der Waals surface area contributed by atoms with Crippen molar-refractivity contribution in [2.45, 2.75) is 25.3 Å². The summed E-state index contributed by atoms with van der Waals surface area (Å²) in [6.45, 7) is 0. The van der Waals surface area contributed by atoms with E-state index in [4.69, 9.17) is 0 Å². The molecule has 3 heteroatoms. The molecule has 1 N–H and O–H groups in total. The number of allylic oxidation sites excluding steroid dienone is 2. The highest BCUT2D eigenvalue weighted by Gasteiger charge is 2.21. The molecule has 0 radical (unpaired) electrons. The summed E-state index contributed by atoms with van der Waals surface area (Å²) in [5, 5.41) is 12.6. The molecule has 0 saturated heterocycles. The van der Waals surface area contributed by atoms with Crippen LogP contribution in [0.5, 0.6) is 0 Å². The fraction of sp³-hybridized carbons (Fsp3) is 0.357. The van der Waals surface area contributed by atoms with E-state index in [0.717, 1.165) is 29.4 Å². The summed E-state index contributed by atoms with van der Waals surface area (Å²) in [5.41, 5.74) is 0.994. The van der Waals surface area contributed by atoms with E-state index < -0.39 is 0 Å². The van der Waals surface area contributed by atoms with Gasteiger partial charge in [-0.1, -0.05) is 24.3 Å². The Morgan fingerprint density at radius 1 is 1.35 bits per heavy atom. The van der Waals surface area contributed by atoms with Crippen molar-refractivity contribution >= 4 is 21.6 Å². The van der Waals surface area contributed by atoms with Gasteiger partial charge in [-0.25, -0.2) is 0 Å². The number of benzene rings is 1. The Kier molecular flexibility index (Phi) is 4.22. The minimum Gasteiger partial charge on any atom is -0.369 e. The molecule has 2 atom stereocenters. The average Bonchev–Trinajstić information content (AvgIpc) is 2.39. The van der Waals surface area contributed by atoms with E-state index >= 15 is 0 Å². The number of anilines is 1. The van der Waals surface area contributed by atoms with Gasteiger partial charge in [0.25, 0.3) is 0 Å². The lowest BCUT2D eigenvalue weighted by atomic mass is 9.88. The van der Waals surface area contributed by atoms with Gasteiger partial charge >= 0.3 is 0 Å². The molecule has 2 rings (SSSR count). The second-order valence-corrected chi connectivity index (χ2v) is 5.13. The highest BCUT2D eigenvalue weighted by molar-refractivity contribution is 9.10. The van der Waals surface area contributed by atoms with Crippen LogP contribution in [-0.2, 0) is 0 Å². The van der Waals surface area contributed by atoms with Crippen LogP contribution in [-0.4, -0.2) is 6.04 Å². The summed E-state index contributed by atoms with van der Waals surface area (Å²) in [7, 11) is 0. The molecule has 0 amide bonds. The van der Waals surface area contributed by atoms with Gasteiger partial charge in [-0.2, -0.15) is 5.26 Å². The minimum atomic E-state index is -0.112. The van der Waals surface area contributed by atoms with Gasteiger partial charge in [-0.3, -0.25) is 0 Å². The molecule has 88 valence electrons. The minimum absolute atomic E-state index is 0.112. The average molecular weight is 291 g/mol. The van der Waals surface area contributed by atoms with Crippen LogP contribution < -0.4 is 5.32 Å². The van der Waals surface area contributed by atoms with Crippen LogP contribution in [0, 0.1) is 17.2 Å². The van der Waals surface area contributed by atoms with E-state index in [2.05, 4.69) is 39.5 Å². The monoisotopic (exact) mass is 290 g/mol. The predicted octanol–water partition coefficient (Wildman–Crippen LogP) is 4.11. The van der Waals surface area contributed by atoms with Crippen LogP contribution in [0.3, 0.4) is 0 Å². The van der Waals surface area contributed by atoms with Crippen LogP contribution in [0.15, 0.2) is 40.9 Å². The third kappa shape index (κ3) is 3.10. The smallest absolute Gasteiger partial charge is 0.117 e. The van der Waals surface area contributed by atoms with Gasteiger partial charge in [0.2, 0.25) is 0 Å². The summed E-state index contributed by atoms with van der Waals surface area (Å²) >= 11 is 3.49. The van der Waals surface area contributed by atoms with Crippen LogP contribution in [0.25, 0.3) is 0 Å². The molecule has 1 aliphatic carbocycles. The zero-order valence-corrected chi connectivity index (χ0v) is 11.2. The predicted molar refractivity (Wildman–Crippen MR) is 73.6 cm³/mol. The first kappa shape index (κ1) is 12.2. The van der Waals surface area contributed by atoms with Crippen molar-refractivity contribution in [2.24, 2.45) is 5.92 Å². The molecule has 2 nitrogen and oxygen atoms in total. The number of halogens is 1. The van der Waals surface area contributed by atoms with Gasteiger partial charge in [0.1, 0.15) is 6.04 Å². The molecule has 0 aliphatic heterocycles. The zero-order valence-electron chi connectivity index (χ0n) is 9.57. The number of nitrogens with zero attached hydrogens (tertiary/aromatic N) is 1. The van der Waals surface area contributed by atoms with E-state index in [1.165, 1.54) is 0 Å². The zero-order chi connectivity index (χ0) is 12.1. The van der Waals surface area contributed by atoms with Crippen molar-refractivity contribution < 1.29 is 0 Å². The first-order valence-electron chi connectivity index (χ1n) is 5.87. The molecule has 0 bridgehead atoms. The largest absolute Gasteiger partial charge is 0.369 e. The Morgan fingerprint density at radius 3 is 2.82 bits per heavy atom. The second-order valence-electron chi connectivity index (χ2n) is 4.28. The van der Waals surface area contributed by atoms with Crippen molar-refractivity contribution in [1.29, 1.82) is 5.26 Å². The van der Waals surface area contributed by atoms with Gasteiger partial charge in [0.05, 0.1) is 6.07 Å². The Bertz CT molecular complexity index is 448. The summed E-state index contributed by atoms with van der Waals surface area (Å²) in [6.07, 6.45) is 7.55. The summed E-state index contributed by atoms with van der Waals surface area (Å²) in [4.78, 5) is 0. The summed E-state index contributed by atoms with van der Waals surface area (Å²) in [5.74, 6) is 0.414. The fourth-order valence-electron chi connectivity index (χ4n) is 2.12. The summed E-state index contributed by atoms with van der Waals surface area (Å²) < 4.78 is 1.01. The molecular weight excluding hydrogens is 276 g/mol. The van der Waals surface area contributed by atoms with E-state index in [1.54, 1.807) is 0 Å². The van der Waals surface area contributed by atoms with Gasteiger partial charge in [0, 0.05) is 10.2 Å². The molecule has 0 aromatic heterocycles. The lowest BCUT2D eigenvalue weighted by molar-refractivity contribution is 0.457. The van der Waals surface area contributed by atoms with Gasteiger partial charge in [-0.05, 0) is 53.2 Å². The second kappa shape index (κ2) is 5.88. The van der Waals surface area contributed by atoms with Crippen molar-refractivity contribution in [3.63, 3.8) is 0 Å². The molecule has 1 aliphatic rings. The highest BCUT2D eigenvalue weighted by atomic mass is 79.9. The molecule has 0 saturated carbocycles. The SMILES string of the molecule is N#CC(Nc1ccccc1Br)C1CC=CCC1.